The van der Waals surface area contributed by atoms with E-state index < -0.39 is 21.1 Å². The molecular formula is C13H17NO4S. The molecule has 1 saturated heterocycles. The van der Waals surface area contributed by atoms with Crippen molar-refractivity contribution in [2.24, 2.45) is 0 Å². The molecule has 19 heavy (non-hydrogen) atoms. The third-order valence-corrected chi connectivity index (χ3v) is 5.66. The number of rotatable bonds is 4. The van der Waals surface area contributed by atoms with Crippen LogP contribution in [0.2, 0.25) is 0 Å². The molecule has 1 fully saturated rings. The summed E-state index contributed by atoms with van der Waals surface area (Å²) in [7, 11) is -3.01. The average Bonchev–Trinajstić information content (AvgIpc) is 2.66. The van der Waals surface area contributed by atoms with Crippen LogP contribution in [0.1, 0.15) is 28.8 Å². The van der Waals surface area contributed by atoms with Crippen molar-refractivity contribution in [3.63, 3.8) is 0 Å². The fraction of sp³-hybridized carbons (Fsp3) is 0.462. The summed E-state index contributed by atoms with van der Waals surface area (Å²) in [5.74, 6) is -0.778. The highest BCUT2D eigenvalue weighted by molar-refractivity contribution is 7.92. The van der Waals surface area contributed by atoms with Gasteiger partial charge in [0.2, 0.25) is 0 Å². The van der Waals surface area contributed by atoms with Crippen LogP contribution in [0.15, 0.2) is 18.2 Å². The highest BCUT2D eigenvalue weighted by Gasteiger charge is 2.31. The molecular weight excluding hydrogens is 266 g/mol. The quantitative estimate of drug-likeness (QED) is 0.878. The van der Waals surface area contributed by atoms with Crippen molar-refractivity contribution in [1.29, 1.82) is 0 Å². The predicted molar refractivity (Wildman–Crippen MR) is 73.4 cm³/mol. The van der Waals surface area contributed by atoms with E-state index in [1.54, 1.807) is 18.2 Å². The van der Waals surface area contributed by atoms with Gasteiger partial charge in [0.05, 0.1) is 16.6 Å². The van der Waals surface area contributed by atoms with E-state index in [1.807, 2.05) is 6.92 Å². The van der Waals surface area contributed by atoms with Crippen molar-refractivity contribution < 1.29 is 18.3 Å². The van der Waals surface area contributed by atoms with Gasteiger partial charge in [-0.3, -0.25) is 0 Å². The molecule has 1 aliphatic heterocycles. The number of anilines is 1. The van der Waals surface area contributed by atoms with Gasteiger partial charge in [0.1, 0.15) is 0 Å². The fourth-order valence-electron chi connectivity index (χ4n) is 2.30. The van der Waals surface area contributed by atoms with E-state index in [0.717, 1.165) is 5.56 Å². The minimum Gasteiger partial charge on any atom is -0.478 e. The molecule has 6 heteroatoms. The molecule has 5 nitrogen and oxygen atoms in total. The Morgan fingerprint density at radius 3 is 2.79 bits per heavy atom. The van der Waals surface area contributed by atoms with Gasteiger partial charge in [0.25, 0.3) is 0 Å². The zero-order valence-electron chi connectivity index (χ0n) is 10.7. The second kappa shape index (κ2) is 5.21. The Bertz CT molecular complexity index is 595. The second-order valence-electron chi connectivity index (χ2n) is 4.87. The molecule has 0 spiro atoms. The van der Waals surface area contributed by atoms with Gasteiger partial charge in [-0.05, 0) is 31.9 Å². The lowest BCUT2D eigenvalue weighted by atomic mass is 10.1. The van der Waals surface area contributed by atoms with E-state index in [4.69, 9.17) is 5.11 Å². The van der Waals surface area contributed by atoms with Crippen molar-refractivity contribution in [3.05, 3.63) is 29.3 Å². The van der Waals surface area contributed by atoms with Crippen LogP contribution < -0.4 is 5.32 Å². The first kappa shape index (κ1) is 13.9. The Morgan fingerprint density at radius 1 is 1.47 bits per heavy atom. The number of hydrogen-bond acceptors (Lipinski definition) is 4. The van der Waals surface area contributed by atoms with Gasteiger partial charge >= 0.3 is 5.97 Å². The van der Waals surface area contributed by atoms with E-state index >= 15 is 0 Å². The molecule has 2 rings (SSSR count). The van der Waals surface area contributed by atoms with Crippen LogP contribution in [-0.4, -0.2) is 37.0 Å². The summed E-state index contributed by atoms with van der Waals surface area (Å²) in [5, 5.41) is 11.7. The maximum Gasteiger partial charge on any atom is 0.337 e. The van der Waals surface area contributed by atoms with Crippen molar-refractivity contribution in [2.75, 3.05) is 17.6 Å². The normalized spacial score (nSPS) is 21.2. The van der Waals surface area contributed by atoms with Gasteiger partial charge in [-0.2, -0.15) is 0 Å². The topological polar surface area (TPSA) is 83.5 Å². The smallest absolute Gasteiger partial charge is 0.337 e. The van der Waals surface area contributed by atoms with Crippen molar-refractivity contribution in [2.45, 2.75) is 25.0 Å². The van der Waals surface area contributed by atoms with Gasteiger partial charge < -0.3 is 10.4 Å². The van der Waals surface area contributed by atoms with Gasteiger partial charge in [-0.25, -0.2) is 13.2 Å². The highest BCUT2D eigenvalue weighted by atomic mass is 32.2. The Labute approximate surface area is 112 Å². The monoisotopic (exact) mass is 283 g/mol. The van der Waals surface area contributed by atoms with Gasteiger partial charge in [0, 0.05) is 12.2 Å². The van der Waals surface area contributed by atoms with E-state index in [1.165, 1.54) is 0 Å². The van der Waals surface area contributed by atoms with Crippen molar-refractivity contribution in [1.82, 2.24) is 0 Å². The number of sulfone groups is 1. The lowest BCUT2D eigenvalue weighted by Gasteiger charge is -2.14. The molecule has 104 valence electrons. The number of hydrogen-bond donors (Lipinski definition) is 2. The Hall–Kier alpha value is -1.56. The molecule has 1 aromatic rings. The van der Waals surface area contributed by atoms with Crippen LogP contribution in [0.5, 0.6) is 0 Å². The molecule has 1 aliphatic rings. The molecule has 0 aliphatic carbocycles. The number of carboxylic acids is 1. The SMILES string of the molecule is Cc1ccc(NCC2CCCS2(=O)=O)c(C(=O)O)c1. The Balaban J connectivity index is 2.14. The Kier molecular flexibility index (Phi) is 3.80. The second-order valence-corrected chi connectivity index (χ2v) is 7.27. The molecule has 1 unspecified atom stereocenters. The molecule has 1 heterocycles. The number of aromatic carboxylic acids is 1. The zero-order chi connectivity index (χ0) is 14.0. The standard InChI is InChI=1S/C13H17NO4S/c1-9-4-5-12(11(7-9)13(15)16)14-8-10-3-2-6-19(10,17)18/h4-5,7,10,14H,2-3,6,8H2,1H3,(H,15,16). The van der Waals surface area contributed by atoms with E-state index in [-0.39, 0.29) is 17.9 Å². The summed E-state index contributed by atoms with van der Waals surface area (Å²) in [6.45, 7) is 2.09. The first-order chi connectivity index (χ1) is 8.90. The highest BCUT2D eigenvalue weighted by Crippen LogP contribution is 2.22. The first-order valence-corrected chi connectivity index (χ1v) is 7.91. The number of aryl methyl sites for hydroxylation is 1. The van der Waals surface area contributed by atoms with Crippen LogP contribution in [-0.2, 0) is 9.84 Å². The van der Waals surface area contributed by atoms with Crippen molar-refractivity contribution in [3.8, 4) is 0 Å². The summed E-state index contributed by atoms with van der Waals surface area (Å²) in [5.41, 5.74) is 1.51. The molecule has 0 aromatic heterocycles. The maximum atomic E-state index is 11.7. The lowest BCUT2D eigenvalue weighted by Crippen LogP contribution is -2.25. The van der Waals surface area contributed by atoms with Gasteiger partial charge in [-0.1, -0.05) is 11.6 Å². The Morgan fingerprint density at radius 2 is 2.21 bits per heavy atom. The zero-order valence-corrected chi connectivity index (χ0v) is 11.5. The maximum absolute atomic E-state index is 11.7. The molecule has 0 radical (unpaired) electrons. The van der Waals surface area contributed by atoms with E-state index in [0.29, 0.717) is 18.5 Å². The summed E-state index contributed by atoms with van der Waals surface area (Å²) in [6.07, 6.45) is 1.33. The minimum atomic E-state index is -3.01. The van der Waals surface area contributed by atoms with Crippen LogP contribution in [0.4, 0.5) is 5.69 Å². The number of benzene rings is 1. The fourth-order valence-corrected chi connectivity index (χ4v) is 4.07. The van der Waals surface area contributed by atoms with Crippen LogP contribution in [0.3, 0.4) is 0 Å². The molecule has 0 bridgehead atoms. The largest absolute Gasteiger partial charge is 0.478 e. The van der Waals surface area contributed by atoms with E-state index in [9.17, 15) is 13.2 Å². The summed E-state index contributed by atoms with van der Waals surface area (Å²) in [6, 6.07) is 5.06. The van der Waals surface area contributed by atoms with Crippen LogP contribution in [0.25, 0.3) is 0 Å². The van der Waals surface area contributed by atoms with Crippen molar-refractivity contribution >= 4 is 21.5 Å². The number of nitrogens with one attached hydrogen (secondary N) is 1. The molecule has 1 atom stereocenters. The third kappa shape index (κ3) is 3.07. The van der Waals surface area contributed by atoms with Crippen LogP contribution >= 0.6 is 0 Å². The van der Waals surface area contributed by atoms with E-state index in [2.05, 4.69) is 5.32 Å². The van der Waals surface area contributed by atoms with Gasteiger partial charge in [-0.15, -0.1) is 0 Å². The summed E-state index contributed by atoms with van der Waals surface area (Å²) < 4.78 is 23.4. The predicted octanol–water partition coefficient (Wildman–Crippen LogP) is 1.68. The van der Waals surface area contributed by atoms with Crippen LogP contribution in [0, 0.1) is 6.92 Å². The van der Waals surface area contributed by atoms with Gasteiger partial charge in [0.15, 0.2) is 9.84 Å². The minimum absolute atomic E-state index is 0.176. The molecule has 1 aromatic carbocycles. The summed E-state index contributed by atoms with van der Waals surface area (Å²) >= 11 is 0. The molecule has 2 N–H and O–H groups in total. The third-order valence-electron chi connectivity index (χ3n) is 3.39. The average molecular weight is 283 g/mol. The number of carbonyl (C=O) groups is 1. The first-order valence-electron chi connectivity index (χ1n) is 6.19. The molecule has 0 amide bonds. The number of carboxylic acid groups (broad SMARTS) is 1. The molecule has 0 saturated carbocycles. The summed E-state index contributed by atoms with van der Waals surface area (Å²) in [4.78, 5) is 11.1. The lowest BCUT2D eigenvalue weighted by molar-refractivity contribution is 0.0698.